The average molecular weight is 485 g/mol. The fraction of sp³-hybridized carbons (Fsp3) is 0.400. The Labute approximate surface area is 203 Å². The smallest absolute Gasteiger partial charge is 0.323 e. The van der Waals surface area contributed by atoms with Gasteiger partial charge >= 0.3 is 6.03 Å². The van der Waals surface area contributed by atoms with E-state index in [1.807, 2.05) is 6.92 Å². The Morgan fingerprint density at radius 2 is 1.94 bits per heavy atom. The number of hydrogen-bond acceptors (Lipinski definition) is 5. The van der Waals surface area contributed by atoms with Gasteiger partial charge in [0, 0.05) is 19.3 Å². The van der Waals surface area contributed by atoms with Crippen molar-refractivity contribution in [3.8, 4) is 5.75 Å². The predicted octanol–water partition coefficient (Wildman–Crippen LogP) is 3.38. The number of carbonyl (C=O) groups excluding carboxylic acids is 3. The summed E-state index contributed by atoms with van der Waals surface area (Å²) >= 11 is 0. The van der Waals surface area contributed by atoms with E-state index < -0.39 is 11.8 Å². The summed E-state index contributed by atoms with van der Waals surface area (Å²) in [6, 6.07) is 9.74. The molecule has 4 rings (SSSR count). The molecule has 1 fully saturated rings. The third-order valence-electron chi connectivity index (χ3n) is 6.18. The van der Waals surface area contributed by atoms with Gasteiger partial charge < -0.3 is 30.3 Å². The van der Waals surface area contributed by atoms with Crippen molar-refractivity contribution in [2.45, 2.75) is 44.4 Å². The van der Waals surface area contributed by atoms with Crippen LogP contribution >= 0.6 is 0 Å². The number of rotatable bonds is 5. The van der Waals surface area contributed by atoms with Crippen LogP contribution < -0.4 is 20.7 Å². The SMILES string of the molecule is CCNC(=O)C[C@@H]1CC[C@H]2[C@@H](COc3ccc(NC(=O)Nc4ccccc4F)cc3C(=O)N2C)O1. The number of urea groups is 1. The highest BCUT2D eigenvalue weighted by atomic mass is 19.1. The van der Waals surface area contributed by atoms with Crippen molar-refractivity contribution in [3.05, 3.63) is 53.8 Å². The number of carbonyl (C=O) groups is 3. The third kappa shape index (κ3) is 5.71. The van der Waals surface area contributed by atoms with Crippen molar-refractivity contribution in [1.82, 2.24) is 10.2 Å². The van der Waals surface area contributed by atoms with Gasteiger partial charge in [-0.3, -0.25) is 9.59 Å². The second-order valence-electron chi connectivity index (χ2n) is 8.60. The summed E-state index contributed by atoms with van der Waals surface area (Å²) in [7, 11) is 1.72. The Morgan fingerprint density at radius 1 is 1.14 bits per heavy atom. The Kier molecular flexibility index (Phi) is 7.50. The number of fused-ring (bicyclic) bond motifs is 2. The van der Waals surface area contributed by atoms with Crippen LogP contribution in [0.4, 0.5) is 20.6 Å². The highest BCUT2D eigenvalue weighted by molar-refractivity contribution is 6.02. The molecule has 35 heavy (non-hydrogen) atoms. The molecule has 9 nitrogen and oxygen atoms in total. The van der Waals surface area contributed by atoms with Gasteiger partial charge in [0.25, 0.3) is 5.91 Å². The van der Waals surface area contributed by atoms with E-state index in [-0.39, 0.29) is 48.8 Å². The van der Waals surface area contributed by atoms with Crippen molar-refractivity contribution in [3.63, 3.8) is 0 Å². The van der Waals surface area contributed by atoms with Crippen molar-refractivity contribution in [1.29, 1.82) is 0 Å². The molecule has 2 aliphatic heterocycles. The monoisotopic (exact) mass is 484 g/mol. The number of anilines is 2. The Morgan fingerprint density at radius 3 is 2.71 bits per heavy atom. The number of hydrogen-bond donors (Lipinski definition) is 3. The van der Waals surface area contributed by atoms with Crippen LogP contribution in [0.15, 0.2) is 42.5 Å². The van der Waals surface area contributed by atoms with Crippen molar-refractivity contribution < 1.29 is 28.2 Å². The van der Waals surface area contributed by atoms with Gasteiger partial charge in [0.1, 0.15) is 24.3 Å². The van der Waals surface area contributed by atoms with Gasteiger partial charge in [-0.1, -0.05) is 12.1 Å². The van der Waals surface area contributed by atoms with E-state index in [0.29, 0.717) is 36.4 Å². The molecule has 2 aromatic carbocycles. The maximum Gasteiger partial charge on any atom is 0.323 e. The second-order valence-corrected chi connectivity index (χ2v) is 8.60. The summed E-state index contributed by atoms with van der Waals surface area (Å²) in [6.45, 7) is 2.66. The third-order valence-corrected chi connectivity index (χ3v) is 6.18. The van der Waals surface area contributed by atoms with Crippen LogP contribution in [0.5, 0.6) is 5.75 Å². The molecule has 3 atom stereocenters. The Balaban J connectivity index is 1.46. The minimum Gasteiger partial charge on any atom is -0.490 e. The molecular formula is C25H29FN4O5. The molecule has 0 aromatic heterocycles. The lowest BCUT2D eigenvalue weighted by Gasteiger charge is -2.42. The molecule has 2 aromatic rings. The van der Waals surface area contributed by atoms with Crippen LogP contribution in [0.2, 0.25) is 0 Å². The molecule has 2 aliphatic rings. The number of halogens is 1. The number of nitrogens with zero attached hydrogens (tertiary/aromatic N) is 1. The van der Waals surface area contributed by atoms with Crippen LogP contribution in [0.3, 0.4) is 0 Å². The van der Waals surface area contributed by atoms with Crippen LogP contribution in [-0.2, 0) is 9.53 Å². The summed E-state index contributed by atoms with van der Waals surface area (Å²) in [5.41, 5.74) is 0.713. The van der Waals surface area contributed by atoms with Gasteiger partial charge in [-0.05, 0) is 50.1 Å². The van der Waals surface area contributed by atoms with E-state index in [1.165, 1.54) is 24.3 Å². The topological polar surface area (TPSA) is 109 Å². The van der Waals surface area contributed by atoms with Gasteiger partial charge in [0.05, 0.1) is 29.8 Å². The first-order chi connectivity index (χ1) is 16.9. The lowest BCUT2D eigenvalue weighted by Crippen LogP contribution is -2.54. The highest BCUT2D eigenvalue weighted by Crippen LogP contribution is 2.32. The zero-order chi connectivity index (χ0) is 24.9. The average Bonchev–Trinajstić information content (AvgIpc) is 2.83. The zero-order valence-electron chi connectivity index (χ0n) is 19.7. The fourth-order valence-electron chi connectivity index (χ4n) is 4.43. The molecule has 0 aliphatic carbocycles. The fourth-order valence-corrected chi connectivity index (χ4v) is 4.43. The van der Waals surface area contributed by atoms with Crippen LogP contribution in [-0.4, -0.2) is 61.2 Å². The summed E-state index contributed by atoms with van der Waals surface area (Å²) in [5, 5.41) is 7.85. The van der Waals surface area contributed by atoms with Gasteiger partial charge in [-0.25, -0.2) is 9.18 Å². The van der Waals surface area contributed by atoms with Crippen LogP contribution in [0, 0.1) is 5.82 Å². The summed E-state index contributed by atoms with van der Waals surface area (Å²) in [4.78, 5) is 39.3. The number of benzene rings is 2. The normalized spacial score (nSPS) is 21.5. The minimum atomic E-state index is -0.637. The number of nitrogens with one attached hydrogen (secondary N) is 3. The van der Waals surface area contributed by atoms with E-state index in [2.05, 4.69) is 16.0 Å². The van der Waals surface area contributed by atoms with Gasteiger partial charge in [-0.2, -0.15) is 0 Å². The van der Waals surface area contributed by atoms with Gasteiger partial charge in [0.2, 0.25) is 5.91 Å². The predicted molar refractivity (Wildman–Crippen MR) is 128 cm³/mol. The first-order valence-electron chi connectivity index (χ1n) is 11.6. The molecule has 4 amide bonds. The van der Waals surface area contributed by atoms with Crippen molar-refractivity contribution in [2.75, 3.05) is 30.8 Å². The minimum absolute atomic E-state index is 0.0456. The largest absolute Gasteiger partial charge is 0.490 e. The quantitative estimate of drug-likeness (QED) is 0.603. The molecule has 10 heteroatoms. The maximum atomic E-state index is 13.8. The molecule has 0 spiro atoms. The standard InChI is InChI=1S/C25H29FN4O5/c1-3-27-23(31)13-16-9-10-20-22(35-16)14-34-21-11-8-15(12-17(21)24(32)30(20)2)28-25(33)29-19-7-5-4-6-18(19)26/h4-8,11-12,16,20,22H,3,9-10,13-14H2,1-2H3,(H,27,31)(H2,28,29,33)/t16-,20-,22+/m0/s1. The van der Waals surface area contributed by atoms with Crippen molar-refractivity contribution in [2.24, 2.45) is 0 Å². The molecule has 0 radical (unpaired) electrons. The molecule has 0 unspecified atom stereocenters. The lowest BCUT2D eigenvalue weighted by atomic mass is 9.94. The maximum absolute atomic E-state index is 13.8. The summed E-state index contributed by atoms with van der Waals surface area (Å²) < 4.78 is 25.9. The van der Waals surface area contributed by atoms with Gasteiger partial charge in [-0.15, -0.1) is 0 Å². The van der Waals surface area contributed by atoms with E-state index >= 15 is 0 Å². The molecule has 186 valence electrons. The summed E-state index contributed by atoms with van der Waals surface area (Å²) in [5.74, 6) is -0.506. The number of para-hydroxylation sites is 1. The summed E-state index contributed by atoms with van der Waals surface area (Å²) in [6.07, 6.45) is 1.01. The molecular weight excluding hydrogens is 455 g/mol. The van der Waals surface area contributed by atoms with E-state index in [9.17, 15) is 18.8 Å². The number of likely N-dealkylation sites (N-methyl/N-ethyl adjacent to an activating group) is 1. The molecule has 2 heterocycles. The molecule has 0 bridgehead atoms. The molecule has 1 saturated heterocycles. The van der Waals surface area contributed by atoms with E-state index in [0.717, 1.165) is 0 Å². The number of ether oxygens (including phenoxy) is 2. The van der Waals surface area contributed by atoms with Gasteiger partial charge in [0.15, 0.2) is 0 Å². The van der Waals surface area contributed by atoms with E-state index in [1.54, 1.807) is 30.1 Å². The lowest BCUT2D eigenvalue weighted by molar-refractivity contribution is -0.133. The highest BCUT2D eigenvalue weighted by Gasteiger charge is 2.39. The number of amides is 4. The Hall–Kier alpha value is -3.66. The van der Waals surface area contributed by atoms with Crippen LogP contribution in [0.25, 0.3) is 0 Å². The van der Waals surface area contributed by atoms with E-state index in [4.69, 9.17) is 9.47 Å². The molecule has 3 N–H and O–H groups in total. The molecule has 0 saturated carbocycles. The first-order valence-corrected chi connectivity index (χ1v) is 11.6. The van der Waals surface area contributed by atoms with Crippen LogP contribution in [0.1, 0.15) is 36.5 Å². The van der Waals surface area contributed by atoms with Crippen molar-refractivity contribution >= 4 is 29.2 Å². The first kappa shape index (κ1) is 24.5. The second kappa shape index (κ2) is 10.7. The zero-order valence-corrected chi connectivity index (χ0v) is 19.7. The Bertz CT molecular complexity index is 1110.